The van der Waals surface area contributed by atoms with Gasteiger partial charge in [0.05, 0.1) is 17.5 Å². The summed E-state index contributed by atoms with van der Waals surface area (Å²) in [6.07, 6.45) is 3.57. The zero-order valence-electron chi connectivity index (χ0n) is 14.9. The van der Waals surface area contributed by atoms with Gasteiger partial charge in [-0.15, -0.1) is 0 Å². The fourth-order valence-corrected chi connectivity index (χ4v) is 4.01. The summed E-state index contributed by atoms with van der Waals surface area (Å²) in [5.41, 5.74) is 2.33. The Labute approximate surface area is 157 Å². The van der Waals surface area contributed by atoms with Crippen molar-refractivity contribution in [3.63, 3.8) is 0 Å². The van der Waals surface area contributed by atoms with Crippen LogP contribution in [0.4, 0.5) is 0 Å². The molecule has 0 aliphatic carbocycles. The molecule has 2 aromatic heterocycles. The zero-order valence-corrected chi connectivity index (χ0v) is 14.9. The number of hydrogen-bond acceptors (Lipinski definition) is 4. The standard InChI is InChI=1S/C22H19N3O2/c26-22-19-8-5-15(4-7-18-3-1-2-10-23-18)11-20(19)24-21-9-6-16-13-27-14-17(16)12-25(21)22/h1-3,5,8,10-11,16-17H,6,9,12-14H2. The molecule has 1 aromatic carbocycles. The average molecular weight is 357 g/mol. The smallest absolute Gasteiger partial charge is 0.261 e. The van der Waals surface area contributed by atoms with E-state index in [2.05, 4.69) is 16.8 Å². The Bertz CT molecular complexity index is 1130. The molecule has 1 fully saturated rings. The lowest BCUT2D eigenvalue weighted by Gasteiger charge is -2.14. The van der Waals surface area contributed by atoms with Gasteiger partial charge in [-0.05, 0) is 48.6 Å². The Hall–Kier alpha value is -2.97. The average Bonchev–Trinajstić information content (AvgIpc) is 3.07. The number of fused-ring (bicyclic) bond motifs is 3. The van der Waals surface area contributed by atoms with Gasteiger partial charge >= 0.3 is 0 Å². The van der Waals surface area contributed by atoms with Gasteiger partial charge in [-0.3, -0.25) is 9.36 Å². The van der Waals surface area contributed by atoms with E-state index in [-0.39, 0.29) is 5.56 Å². The van der Waals surface area contributed by atoms with Gasteiger partial charge < -0.3 is 4.74 Å². The third kappa shape index (κ3) is 3.02. The van der Waals surface area contributed by atoms with Crippen molar-refractivity contribution in [3.05, 3.63) is 70.0 Å². The van der Waals surface area contributed by atoms with Crippen LogP contribution in [0.3, 0.4) is 0 Å². The van der Waals surface area contributed by atoms with E-state index < -0.39 is 0 Å². The summed E-state index contributed by atoms with van der Waals surface area (Å²) in [7, 11) is 0. The van der Waals surface area contributed by atoms with Gasteiger partial charge in [0, 0.05) is 37.3 Å². The number of rotatable bonds is 0. The summed E-state index contributed by atoms with van der Waals surface area (Å²) in [4.78, 5) is 22.1. The van der Waals surface area contributed by atoms with Crippen molar-refractivity contribution in [2.75, 3.05) is 13.2 Å². The molecular formula is C22H19N3O2. The van der Waals surface area contributed by atoms with Crippen LogP contribution in [0.5, 0.6) is 0 Å². The lowest BCUT2D eigenvalue weighted by Crippen LogP contribution is -2.28. The predicted octanol–water partition coefficient (Wildman–Crippen LogP) is 2.40. The van der Waals surface area contributed by atoms with Crippen LogP contribution in [0.15, 0.2) is 47.4 Å². The highest BCUT2D eigenvalue weighted by Gasteiger charge is 2.32. The first-order valence-corrected chi connectivity index (χ1v) is 9.32. The maximum Gasteiger partial charge on any atom is 0.261 e. The molecule has 5 rings (SSSR count). The first kappa shape index (κ1) is 16.2. The number of ether oxygens (including phenoxy) is 1. The van der Waals surface area contributed by atoms with Crippen molar-refractivity contribution in [3.8, 4) is 11.8 Å². The Balaban J connectivity index is 1.55. The Morgan fingerprint density at radius 2 is 2.04 bits per heavy atom. The van der Waals surface area contributed by atoms with Gasteiger partial charge in [0.2, 0.25) is 0 Å². The maximum absolute atomic E-state index is 13.0. The zero-order chi connectivity index (χ0) is 18.2. The Morgan fingerprint density at radius 1 is 1.11 bits per heavy atom. The van der Waals surface area contributed by atoms with E-state index in [0.717, 1.165) is 48.7 Å². The molecule has 0 spiro atoms. The van der Waals surface area contributed by atoms with E-state index in [1.807, 2.05) is 41.0 Å². The second-order valence-corrected chi connectivity index (χ2v) is 7.24. The second-order valence-electron chi connectivity index (χ2n) is 7.24. The monoisotopic (exact) mass is 357 g/mol. The van der Waals surface area contributed by atoms with Crippen molar-refractivity contribution in [2.45, 2.75) is 19.4 Å². The molecule has 4 heterocycles. The molecule has 0 N–H and O–H groups in total. The lowest BCUT2D eigenvalue weighted by atomic mass is 9.93. The van der Waals surface area contributed by atoms with Crippen molar-refractivity contribution < 1.29 is 4.74 Å². The molecule has 0 saturated carbocycles. The van der Waals surface area contributed by atoms with E-state index >= 15 is 0 Å². The minimum Gasteiger partial charge on any atom is -0.381 e. The van der Waals surface area contributed by atoms with Crippen molar-refractivity contribution in [1.82, 2.24) is 14.5 Å². The van der Waals surface area contributed by atoms with E-state index in [1.54, 1.807) is 6.20 Å². The van der Waals surface area contributed by atoms with Crippen molar-refractivity contribution in [1.29, 1.82) is 0 Å². The van der Waals surface area contributed by atoms with Crippen LogP contribution >= 0.6 is 0 Å². The minimum atomic E-state index is 0.0479. The van der Waals surface area contributed by atoms with Gasteiger partial charge in [0.1, 0.15) is 11.5 Å². The normalized spacial score (nSPS) is 21.0. The van der Waals surface area contributed by atoms with Crippen LogP contribution in [0.2, 0.25) is 0 Å². The van der Waals surface area contributed by atoms with E-state index in [1.165, 1.54) is 0 Å². The van der Waals surface area contributed by atoms with Crippen LogP contribution in [0.1, 0.15) is 23.5 Å². The highest BCUT2D eigenvalue weighted by molar-refractivity contribution is 5.79. The molecule has 27 heavy (non-hydrogen) atoms. The summed E-state index contributed by atoms with van der Waals surface area (Å²) in [5, 5.41) is 0.652. The molecule has 2 aliphatic heterocycles. The van der Waals surface area contributed by atoms with Gasteiger partial charge in [-0.25, -0.2) is 9.97 Å². The predicted molar refractivity (Wildman–Crippen MR) is 102 cm³/mol. The molecular weight excluding hydrogens is 338 g/mol. The molecule has 3 aromatic rings. The maximum atomic E-state index is 13.0. The summed E-state index contributed by atoms with van der Waals surface area (Å²) in [6, 6.07) is 11.3. The highest BCUT2D eigenvalue weighted by Crippen LogP contribution is 2.29. The summed E-state index contributed by atoms with van der Waals surface area (Å²) >= 11 is 0. The molecule has 2 atom stereocenters. The molecule has 0 bridgehead atoms. The molecule has 134 valence electrons. The summed E-state index contributed by atoms with van der Waals surface area (Å²) < 4.78 is 7.47. The van der Waals surface area contributed by atoms with Crippen molar-refractivity contribution >= 4 is 10.9 Å². The van der Waals surface area contributed by atoms with Crippen LogP contribution in [0.25, 0.3) is 10.9 Å². The van der Waals surface area contributed by atoms with Crippen molar-refractivity contribution in [2.24, 2.45) is 11.8 Å². The summed E-state index contributed by atoms with van der Waals surface area (Å²) in [5.74, 6) is 8.02. The second kappa shape index (κ2) is 6.64. The topological polar surface area (TPSA) is 57.0 Å². The molecule has 0 amide bonds. The Morgan fingerprint density at radius 3 is 2.93 bits per heavy atom. The van der Waals surface area contributed by atoms with Crippen LogP contribution in [-0.2, 0) is 17.7 Å². The first-order valence-electron chi connectivity index (χ1n) is 9.32. The van der Waals surface area contributed by atoms with E-state index in [9.17, 15) is 4.79 Å². The van der Waals surface area contributed by atoms with Crippen LogP contribution in [0, 0.1) is 23.7 Å². The largest absolute Gasteiger partial charge is 0.381 e. The molecule has 1 saturated heterocycles. The molecule has 2 unspecified atom stereocenters. The molecule has 2 aliphatic rings. The van der Waals surface area contributed by atoms with Gasteiger partial charge in [0.25, 0.3) is 5.56 Å². The highest BCUT2D eigenvalue weighted by atomic mass is 16.5. The fraction of sp³-hybridized carbons (Fsp3) is 0.318. The number of pyridine rings is 1. The third-order valence-electron chi connectivity index (χ3n) is 5.52. The molecule has 5 heteroatoms. The van der Waals surface area contributed by atoms with Crippen LogP contribution < -0.4 is 5.56 Å². The number of aryl methyl sites for hydroxylation is 1. The Kier molecular flexibility index (Phi) is 3.99. The van der Waals surface area contributed by atoms with Gasteiger partial charge in [-0.2, -0.15) is 0 Å². The van der Waals surface area contributed by atoms with Crippen LogP contribution in [-0.4, -0.2) is 27.7 Å². The number of benzene rings is 1. The van der Waals surface area contributed by atoms with E-state index in [4.69, 9.17) is 9.72 Å². The molecule has 0 radical (unpaired) electrons. The van der Waals surface area contributed by atoms with Gasteiger partial charge in [-0.1, -0.05) is 12.0 Å². The SMILES string of the molecule is O=c1c2ccc(C#Cc3ccccn3)cc2nc2n1CC1COCC1CC2. The number of aromatic nitrogens is 3. The van der Waals surface area contributed by atoms with Gasteiger partial charge in [0.15, 0.2) is 0 Å². The third-order valence-corrected chi connectivity index (χ3v) is 5.52. The lowest BCUT2D eigenvalue weighted by molar-refractivity contribution is 0.176. The quantitative estimate of drug-likeness (QED) is 0.580. The number of hydrogen-bond donors (Lipinski definition) is 0. The first-order chi connectivity index (χ1) is 13.3. The summed E-state index contributed by atoms with van der Waals surface area (Å²) in [6.45, 7) is 2.26. The molecule has 5 nitrogen and oxygen atoms in total. The van der Waals surface area contributed by atoms with E-state index in [0.29, 0.717) is 23.8 Å². The minimum absolute atomic E-state index is 0.0479. The fourth-order valence-electron chi connectivity index (χ4n) is 4.01. The number of nitrogens with zero attached hydrogens (tertiary/aromatic N) is 3.